The van der Waals surface area contributed by atoms with Crippen LogP contribution in [0, 0.1) is 0 Å². The molecule has 0 saturated heterocycles. The highest BCUT2D eigenvalue weighted by Crippen LogP contribution is 2.40. The SMILES string of the molecule is O=c1cc(-c2ccc(OC3CCc4c(OCc5ccccc5)cccc43)cc2)o[nH]1. The fourth-order valence-corrected chi connectivity index (χ4v) is 3.86. The number of fused-ring (bicyclic) bond motifs is 1. The second kappa shape index (κ2) is 7.95. The minimum absolute atomic E-state index is 0.00341. The summed E-state index contributed by atoms with van der Waals surface area (Å²) >= 11 is 0. The standard InChI is InChI=1S/C25H21NO4/c27-25-15-24(30-26-25)18-9-11-19(12-10-18)29-23-14-13-21-20(23)7-4-8-22(21)28-16-17-5-2-1-3-6-17/h1-12,15,23H,13-14,16H2,(H,26,27). The largest absolute Gasteiger partial charge is 0.489 e. The highest BCUT2D eigenvalue weighted by atomic mass is 16.5. The van der Waals surface area contributed by atoms with Crippen LogP contribution in [0.3, 0.4) is 0 Å². The van der Waals surface area contributed by atoms with E-state index in [0.29, 0.717) is 12.4 Å². The minimum Gasteiger partial charge on any atom is -0.489 e. The average Bonchev–Trinajstić information content (AvgIpc) is 3.40. The van der Waals surface area contributed by atoms with E-state index in [2.05, 4.69) is 23.4 Å². The molecule has 0 radical (unpaired) electrons. The Kier molecular flexibility index (Phi) is 4.85. The van der Waals surface area contributed by atoms with Gasteiger partial charge in [0.15, 0.2) is 5.76 Å². The number of rotatable bonds is 6. The minimum atomic E-state index is -0.252. The number of ether oxygens (including phenoxy) is 2. The van der Waals surface area contributed by atoms with Gasteiger partial charge in [-0.1, -0.05) is 42.5 Å². The molecule has 1 aromatic heterocycles. The molecule has 0 spiro atoms. The van der Waals surface area contributed by atoms with Gasteiger partial charge < -0.3 is 14.0 Å². The van der Waals surface area contributed by atoms with Gasteiger partial charge in [-0.15, -0.1) is 0 Å². The Labute approximate surface area is 173 Å². The molecule has 150 valence electrons. The lowest BCUT2D eigenvalue weighted by atomic mass is 10.1. The van der Waals surface area contributed by atoms with Crippen molar-refractivity contribution in [1.29, 1.82) is 0 Å². The van der Waals surface area contributed by atoms with Gasteiger partial charge in [0.05, 0.1) is 6.07 Å². The summed E-state index contributed by atoms with van der Waals surface area (Å²) in [5.41, 5.74) is 4.13. The van der Waals surface area contributed by atoms with Gasteiger partial charge in [0.2, 0.25) is 0 Å². The topological polar surface area (TPSA) is 64.5 Å². The number of benzene rings is 3. The highest BCUT2D eigenvalue weighted by Gasteiger charge is 2.27. The van der Waals surface area contributed by atoms with E-state index < -0.39 is 0 Å². The van der Waals surface area contributed by atoms with E-state index in [1.165, 1.54) is 17.2 Å². The molecule has 5 heteroatoms. The molecule has 0 bridgehead atoms. The maximum atomic E-state index is 11.2. The first kappa shape index (κ1) is 18.3. The van der Waals surface area contributed by atoms with Crippen molar-refractivity contribution >= 4 is 0 Å². The van der Waals surface area contributed by atoms with Gasteiger partial charge in [0, 0.05) is 11.1 Å². The molecule has 0 fully saturated rings. The Balaban J connectivity index is 1.30. The van der Waals surface area contributed by atoms with Crippen LogP contribution in [-0.2, 0) is 13.0 Å². The molecule has 5 nitrogen and oxygen atoms in total. The lowest BCUT2D eigenvalue weighted by Gasteiger charge is -2.16. The molecule has 1 atom stereocenters. The zero-order valence-electron chi connectivity index (χ0n) is 16.3. The second-order valence-corrected chi connectivity index (χ2v) is 7.34. The summed E-state index contributed by atoms with van der Waals surface area (Å²) < 4.78 is 17.5. The molecule has 1 aliphatic carbocycles. The first-order chi connectivity index (χ1) is 14.8. The molecule has 5 rings (SSSR count). The summed E-state index contributed by atoms with van der Waals surface area (Å²) in [6, 6.07) is 25.4. The van der Waals surface area contributed by atoms with Crippen LogP contribution < -0.4 is 15.0 Å². The summed E-state index contributed by atoms with van der Waals surface area (Å²) in [4.78, 5) is 11.2. The van der Waals surface area contributed by atoms with Crippen molar-refractivity contribution in [2.24, 2.45) is 0 Å². The van der Waals surface area contributed by atoms with Gasteiger partial charge in [-0.25, -0.2) is 0 Å². The van der Waals surface area contributed by atoms with E-state index in [4.69, 9.17) is 14.0 Å². The van der Waals surface area contributed by atoms with Gasteiger partial charge in [-0.05, 0) is 54.3 Å². The van der Waals surface area contributed by atoms with E-state index in [1.54, 1.807) is 0 Å². The zero-order chi connectivity index (χ0) is 20.3. The van der Waals surface area contributed by atoms with Crippen molar-refractivity contribution < 1.29 is 14.0 Å². The predicted molar refractivity (Wildman–Crippen MR) is 114 cm³/mol. The second-order valence-electron chi connectivity index (χ2n) is 7.34. The number of hydrogen-bond acceptors (Lipinski definition) is 4. The predicted octanol–water partition coefficient (Wildman–Crippen LogP) is 5.28. The van der Waals surface area contributed by atoms with E-state index in [-0.39, 0.29) is 11.7 Å². The van der Waals surface area contributed by atoms with Crippen LogP contribution in [0.5, 0.6) is 11.5 Å². The monoisotopic (exact) mass is 399 g/mol. The molecule has 1 aliphatic rings. The number of aromatic nitrogens is 1. The molecular weight excluding hydrogens is 378 g/mol. The lowest BCUT2D eigenvalue weighted by Crippen LogP contribution is -2.04. The van der Waals surface area contributed by atoms with Crippen molar-refractivity contribution in [2.75, 3.05) is 0 Å². The molecule has 1 unspecified atom stereocenters. The molecule has 0 aliphatic heterocycles. The molecule has 1 heterocycles. The maximum Gasteiger partial charge on any atom is 0.280 e. The number of H-pyrrole nitrogens is 1. The Morgan fingerprint density at radius 3 is 2.57 bits per heavy atom. The summed E-state index contributed by atoms with van der Waals surface area (Å²) in [6.45, 7) is 0.555. The zero-order valence-corrected chi connectivity index (χ0v) is 16.3. The van der Waals surface area contributed by atoms with Crippen molar-refractivity contribution in [2.45, 2.75) is 25.6 Å². The third-order valence-corrected chi connectivity index (χ3v) is 5.35. The maximum absolute atomic E-state index is 11.2. The van der Waals surface area contributed by atoms with Gasteiger partial charge >= 0.3 is 0 Å². The van der Waals surface area contributed by atoms with E-state index >= 15 is 0 Å². The summed E-state index contributed by atoms with van der Waals surface area (Å²) in [7, 11) is 0. The van der Waals surface area contributed by atoms with Crippen LogP contribution in [0.1, 0.15) is 29.2 Å². The first-order valence-corrected chi connectivity index (χ1v) is 10.0. The fourth-order valence-electron chi connectivity index (χ4n) is 3.86. The molecule has 0 saturated carbocycles. The molecular formula is C25H21NO4. The van der Waals surface area contributed by atoms with Crippen LogP contribution in [0.4, 0.5) is 0 Å². The Morgan fingerprint density at radius 2 is 1.80 bits per heavy atom. The molecule has 3 aromatic carbocycles. The number of aromatic amines is 1. The van der Waals surface area contributed by atoms with Gasteiger partial charge in [-0.3, -0.25) is 4.79 Å². The third kappa shape index (κ3) is 3.74. The van der Waals surface area contributed by atoms with Crippen LogP contribution in [-0.4, -0.2) is 5.16 Å². The van der Waals surface area contributed by atoms with E-state index in [0.717, 1.165) is 35.5 Å². The van der Waals surface area contributed by atoms with Crippen molar-refractivity contribution in [1.82, 2.24) is 5.16 Å². The van der Waals surface area contributed by atoms with Crippen LogP contribution in [0.25, 0.3) is 11.3 Å². The summed E-state index contributed by atoms with van der Waals surface area (Å²) in [5.74, 6) is 2.23. The van der Waals surface area contributed by atoms with Gasteiger partial charge in [-0.2, -0.15) is 5.16 Å². The van der Waals surface area contributed by atoms with Gasteiger partial charge in [0.25, 0.3) is 5.56 Å². The average molecular weight is 399 g/mol. The molecule has 1 N–H and O–H groups in total. The molecule has 0 amide bonds. The first-order valence-electron chi connectivity index (χ1n) is 10.0. The Morgan fingerprint density at radius 1 is 0.967 bits per heavy atom. The smallest absolute Gasteiger partial charge is 0.280 e. The Bertz CT molecular complexity index is 1190. The van der Waals surface area contributed by atoms with Crippen LogP contribution >= 0.6 is 0 Å². The van der Waals surface area contributed by atoms with Crippen molar-refractivity contribution in [3.8, 4) is 22.8 Å². The third-order valence-electron chi connectivity index (χ3n) is 5.35. The van der Waals surface area contributed by atoms with Crippen molar-refractivity contribution in [3.63, 3.8) is 0 Å². The van der Waals surface area contributed by atoms with Gasteiger partial charge in [0.1, 0.15) is 24.2 Å². The molecule has 4 aromatic rings. The normalized spacial score (nSPS) is 15.0. The summed E-state index contributed by atoms with van der Waals surface area (Å²) in [6.07, 6.45) is 1.84. The van der Waals surface area contributed by atoms with E-state index in [1.807, 2.05) is 54.6 Å². The van der Waals surface area contributed by atoms with Crippen LogP contribution in [0.15, 0.2) is 88.2 Å². The summed E-state index contributed by atoms with van der Waals surface area (Å²) in [5, 5.41) is 2.30. The van der Waals surface area contributed by atoms with Crippen LogP contribution in [0.2, 0.25) is 0 Å². The highest BCUT2D eigenvalue weighted by molar-refractivity contribution is 5.57. The fraction of sp³-hybridized carbons (Fsp3) is 0.160. The number of hydrogen-bond donors (Lipinski definition) is 1. The number of nitrogens with one attached hydrogen (secondary N) is 1. The van der Waals surface area contributed by atoms with E-state index in [9.17, 15) is 4.79 Å². The van der Waals surface area contributed by atoms with Crippen molar-refractivity contribution in [3.05, 3.63) is 106 Å². The quantitative estimate of drug-likeness (QED) is 0.479. The molecule has 30 heavy (non-hydrogen) atoms. The lowest BCUT2D eigenvalue weighted by molar-refractivity contribution is 0.207. The Hall–Kier alpha value is -3.73.